The number of hydrogen-bond acceptors (Lipinski definition) is 4. The van der Waals surface area contributed by atoms with Crippen LogP contribution in [0.2, 0.25) is 0 Å². The second kappa shape index (κ2) is 5.02. The number of benzene rings is 1. The molecular formula is C13H21N3O2S. The normalized spacial score (nSPS) is 15.5. The minimum atomic E-state index is -3.74. The number of sulfonamides is 1. The highest BCUT2D eigenvalue weighted by Gasteiger charge is 2.26. The van der Waals surface area contributed by atoms with Crippen molar-refractivity contribution in [1.82, 2.24) is 0 Å². The average Bonchev–Trinajstić information content (AvgIpc) is 3.11. The number of nitrogen functional groups attached to an aromatic ring is 1. The summed E-state index contributed by atoms with van der Waals surface area (Å²) < 4.78 is 23.2. The number of primary sulfonamides is 1. The minimum Gasteiger partial charge on any atom is -0.399 e. The van der Waals surface area contributed by atoms with E-state index >= 15 is 0 Å². The molecule has 0 saturated heterocycles. The number of nitrogens with two attached hydrogens (primary N) is 2. The first-order valence-electron chi connectivity index (χ1n) is 6.50. The minimum absolute atomic E-state index is 0.122. The van der Waals surface area contributed by atoms with Crippen molar-refractivity contribution in [3.05, 3.63) is 17.7 Å². The van der Waals surface area contributed by atoms with Crippen LogP contribution in [-0.2, 0) is 10.0 Å². The quantitative estimate of drug-likeness (QED) is 0.801. The molecule has 1 aromatic carbocycles. The highest BCUT2D eigenvalue weighted by Crippen LogP contribution is 2.34. The predicted octanol–water partition coefficient (Wildman–Crippen LogP) is 1.46. The smallest absolute Gasteiger partial charge is 0.238 e. The maximum atomic E-state index is 11.6. The van der Waals surface area contributed by atoms with Gasteiger partial charge in [0.1, 0.15) is 0 Å². The average molecular weight is 283 g/mol. The van der Waals surface area contributed by atoms with Crippen LogP contribution in [0.15, 0.2) is 17.0 Å². The Labute approximate surface area is 114 Å². The molecule has 0 aliphatic heterocycles. The molecule has 0 atom stereocenters. The molecular weight excluding hydrogens is 262 g/mol. The molecule has 0 heterocycles. The van der Waals surface area contributed by atoms with Crippen LogP contribution >= 0.6 is 0 Å². The molecule has 1 aliphatic rings. The summed E-state index contributed by atoms with van der Waals surface area (Å²) >= 11 is 0. The van der Waals surface area contributed by atoms with Crippen LogP contribution in [0.25, 0.3) is 0 Å². The van der Waals surface area contributed by atoms with Gasteiger partial charge >= 0.3 is 0 Å². The van der Waals surface area contributed by atoms with Crippen LogP contribution in [0.5, 0.6) is 0 Å². The molecule has 5 nitrogen and oxygen atoms in total. The molecule has 0 spiro atoms. The Morgan fingerprint density at radius 3 is 2.47 bits per heavy atom. The van der Waals surface area contributed by atoms with Crippen molar-refractivity contribution in [2.24, 2.45) is 11.1 Å². The van der Waals surface area contributed by atoms with Gasteiger partial charge < -0.3 is 10.6 Å². The van der Waals surface area contributed by atoms with Crippen LogP contribution in [0.4, 0.5) is 11.4 Å². The van der Waals surface area contributed by atoms with Crippen LogP contribution < -0.4 is 15.8 Å². The first-order valence-corrected chi connectivity index (χ1v) is 8.05. The third-order valence-electron chi connectivity index (χ3n) is 3.56. The molecule has 1 saturated carbocycles. The number of nitrogens with zero attached hydrogens (tertiary/aromatic N) is 1. The van der Waals surface area contributed by atoms with Gasteiger partial charge in [-0.3, -0.25) is 0 Å². The molecule has 1 fully saturated rings. The van der Waals surface area contributed by atoms with Crippen molar-refractivity contribution in [3.8, 4) is 0 Å². The van der Waals surface area contributed by atoms with Crippen LogP contribution in [0.3, 0.4) is 0 Å². The topological polar surface area (TPSA) is 89.4 Å². The highest BCUT2D eigenvalue weighted by atomic mass is 32.2. The van der Waals surface area contributed by atoms with Crippen molar-refractivity contribution in [3.63, 3.8) is 0 Å². The largest absolute Gasteiger partial charge is 0.399 e. The van der Waals surface area contributed by atoms with Crippen LogP contribution in [0, 0.1) is 12.8 Å². The van der Waals surface area contributed by atoms with Crippen LogP contribution in [-0.4, -0.2) is 21.5 Å². The second-order valence-electron chi connectivity index (χ2n) is 5.19. The van der Waals surface area contributed by atoms with Gasteiger partial charge in [-0.2, -0.15) is 0 Å². The fraction of sp³-hybridized carbons (Fsp3) is 0.538. The molecule has 6 heteroatoms. The summed E-state index contributed by atoms with van der Waals surface area (Å²) in [6.07, 6.45) is 2.50. The van der Waals surface area contributed by atoms with E-state index < -0.39 is 10.0 Å². The molecule has 1 aromatic rings. The van der Waals surface area contributed by atoms with E-state index in [1.807, 2.05) is 6.07 Å². The van der Waals surface area contributed by atoms with E-state index in [9.17, 15) is 8.42 Å². The van der Waals surface area contributed by atoms with E-state index in [-0.39, 0.29) is 4.90 Å². The Bertz CT molecular complexity index is 580. The van der Waals surface area contributed by atoms with Gasteiger partial charge in [0, 0.05) is 24.5 Å². The van der Waals surface area contributed by atoms with Gasteiger partial charge in [-0.15, -0.1) is 0 Å². The zero-order valence-corrected chi connectivity index (χ0v) is 12.2. The van der Waals surface area contributed by atoms with Crippen molar-refractivity contribution >= 4 is 21.4 Å². The van der Waals surface area contributed by atoms with Crippen molar-refractivity contribution in [2.75, 3.05) is 23.7 Å². The van der Waals surface area contributed by atoms with E-state index in [1.165, 1.54) is 18.9 Å². The van der Waals surface area contributed by atoms with Crippen LogP contribution in [0.1, 0.15) is 25.3 Å². The maximum Gasteiger partial charge on any atom is 0.238 e. The molecule has 2 rings (SSSR count). The molecule has 4 N–H and O–H groups in total. The Balaban J connectivity index is 2.46. The Hall–Kier alpha value is -1.27. The summed E-state index contributed by atoms with van der Waals surface area (Å²) in [6.45, 7) is 5.61. The van der Waals surface area contributed by atoms with Gasteiger partial charge in [0.15, 0.2) is 0 Å². The molecule has 0 radical (unpaired) electrons. The van der Waals surface area contributed by atoms with Gasteiger partial charge in [-0.05, 0) is 50.3 Å². The number of hydrogen-bond donors (Lipinski definition) is 2. The SMILES string of the molecule is CCN(CC1CC1)c1cc(N)cc(S(N)(=O)=O)c1C. The summed E-state index contributed by atoms with van der Waals surface area (Å²) in [6, 6.07) is 3.26. The van der Waals surface area contributed by atoms with Crippen molar-refractivity contribution in [1.29, 1.82) is 0 Å². The zero-order valence-electron chi connectivity index (χ0n) is 11.4. The monoisotopic (exact) mass is 283 g/mol. The molecule has 1 aliphatic carbocycles. The van der Waals surface area contributed by atoms with Gasteiger partial charge in [-0.25, -0.2) is 13.6 Å². The lowest BCUT2D eigenvalue weighted by Gasteiger charge is -2.26. The number of anilines is 2. The van der Waals surface area contributed by atoms with Gasteiger partial charge in [-0.1, -0.05) is 0 Å². The zero-order chi connectivity index (χ0) is 14.2. The highest BCUT2D eigenvalue weighted by molar-refractivity contribution is 7.89. The molecule has 106 valence electrons. The van der Waals surface area contributed by atoms with E-state index in [2.05, 4.69) is 11.8 Å². The molecule has 19 heavy (non-hydrogen) atoms. The molecule has 0 amide bonds. The lowest BCUT2D eigenvalue weighted by Crippen LogP contribution is -2.27. The summed E-state index contributed by atoms with van der Waals surface area (Å²) in [7, 11) is -3.74. The second-order valence-corrected chi connectivity index (χ2v) is 6.72. The van der Waals surface area contributed by atoms with E-state index in [1.54, 1.807) is 6.92 Å². The predicted molar refractivity (Wildman–Crippen MR) is 77.6 cm³/mol. The summed E-state index contributed by atoms with van der Waals surface area (Å²) in [4.78, 5) is 2.30. The number of rotatable bonds is 5. The molecule has 0 aromatic heterocycles. The Kier molecular flexibility index (Phi) is 3.73. The summed E-state index contributed by atoms with van der Waals surface area (Å²) in [5.41, 5.74) is 7.80. The van der Waals surface area contributed by atoms with Crippen molar-refractivity contribution < 1.29 is 8.42 Å². The third-order valence-corrected chi connectivity index (χ3v) is 4.60. The fourth-order valence-corrected chi connectivity index (χ4v) is 3.16. The van der Waals surface area contributed by atoms with Gasteiger partial charge in [0.25, 0.3) is 0 Å². The first kappa shape index (κ1) is 14.1. The van der Waals surface area contributed by atoms with E-state index in [0.29, 0.717) is 11.3 Å². The Morgan fingerprint density at radius 1 is 1.37 bits per heavy atom. The van der Waals surface area contributed by atoms with Gasteiger partial charge in [0.05, 0.1) is 4.90 Å². The standard InChI is InChI=1S/C13H21N3O2S/c1-3-16(8-10-4-5-10)12-6-11(14)7-13(9(12)2)19(15,17)18/h6-7,10H,3-5,8,14H2,1-2H3,(H2,15,17,18). The summed E-state index contributed by atoms with van der Waals surface area (Å²) in [5.74, 6) is 0.721. The molecule has 0 bridgehead atoms. The lowest BCUT2D eigenvalue weighted by molar-refractivity contribution is 0.597. The lowest BCUT2D eigenvalue weighted by atomic mass is 10.1. The van der Waals surface area contributed by atoms with E-state index in [4.69, 9.17) is 10.9 Å². The fourth-order valence-electron chi connectivity index (χ4n) is 2.33. The van der Waals surface area contributed by atoms with Crippen molar-refractivity contribution in [2.45, 2.75) is 31.6 Å². The van der Waals surface area contributed by atoms with Gasteiger partial charge in [0.2, 0.25) is 10.0 Å². The first-order chi connectivity index (χ1) is 8.82. The Morgan fingerprint density at radius 2 is 2.00 bits per heavy atom. The maximum absolute atomic E-state index is 11.6. The van der Waals surface area contributed by atoms with E-state index in [0.717, 1.165) is 24.7 Å². The summed E-state index contributed by atoms with van der Waals surface area (Å²) in [5, 5.41) is 5.25. The molecule has 0 unspecified atom stereocenters. The third kappa shape index (κ3) is 3.19.